The Labute approximate surface area is 98.4 Å². The molecule has 0 saturated heterocycles. The zero-order valence-electron chi connectivity index (χ0n) is 8.56. The molecule has 0 amide bonds. The quantitative estimate of drug-likeness (QED) is 0.772. The molecule has 0 heterocycles. The molecule has 1 rings (SSSR count). The van der Waals surface area contributed by atoms with Gasteiger partial charge in [-0.15, -0.1) is 0 Å². The predicted octanol–water partition coefficient (Wildman–Crippen LogP) is 3.27. The molecule has 0 saturated carbocycles. The van der Waals surface area contributed by atoms with Crippen LogP contribution in [-0.4, -0.2) is 18.5 Å². The Hall–Kier alpha value is -0.160. The third-order valence-electron chi connectivity index (χ3n) is 2.04. The average molecular weight is 307 g/mol. The van der Waals surface area contributed by atoms with E-state index in [4.69, 9.17) is 0 Å². The zero-order chi connectivity index (χ0) is 10.6. The highest BCUT2D eigenvalue weighted by molar-refractivity contribution is 14.1. The molecule has 0 spiro atoms. The van der Waals surface area contributed by atoms with Gasteiger partial charge in [-0.05, 0) is 60.3 Å². The van der Waals surface area contributed by atoms with Crippen molar-refractivity contribution in [2.75, 3.05) is 13.6 Å². The fraction of sp³-hybridized carbons (Fsp3) is 0.455. The van der Waals surface area contributed by atoms with Gasteiger partial charge in [0.05, 0.1) is 0 Å². The summed E-state index contributed by atoms with van der Waals surface area (Å²) in [7, 11) is 2.08. The Morgan fingerprint density at radius 1 is 1.43 bits per heavy atom. The summed E-state index contributed by atoms with van der Waals surface area (Å²) in [6.45, 7) is 4.13. The molecule has 0 aliphatic carbocycles. The van der Waals surface area contributed by atoms with Crippen LogP contribution in [0.5, 0.6) is 0 Å². The van der Waals surface area contributed by atoms with Crippen LogP contribution in [0.3, 0.4) is 0 Å². The van der Waals surface area contributed by atoms with Crippen LogP contribution in [0, 0.1) is 9.39 Å². The van der Waals surface area contributed by atoms with Crippen molar-refractivity contribution in [2.45, 2.75) is 19.9 Å². The number of halogens is 2. The summed E-state index contributed by atoms with van der Waals surface area (Å²) in [5.74, 6) is -0.132. The number of hydrogen-bond donors (Lipinski definition) is 0. The van der Waals surface area contributed by atoms with E-state index < -0.39 is 0 Å². The van der Waals surface area contributed by atoms with Crippen molar-refractivity contribution in [2.24, 2.45) is 0 Å². The maximum Gasteiger partial charge on any atom is 0.136 e. The van der Waals surface area contributed by atoms with E-state index in [-0.39, 0.29) is 5.82 Å². The molecule has 0 atom stereocenters. The Balaban J connectivity index is 2.63. The number of benzene rings is 1. The second kappa shape index (κ2) is 5.66. The van der Waals surface area contributed by atoms with Crippen molar-refractivity contribution in [3.05, 3.63) is 33.1 Å². The summed E-state index contributed by atoms with van der Waals surface area (Å²) in [6, 6.07) is 5.29. The van der Waals surface area contributed by atoms with Crippen molar-refractivity contribution in [3.63, 3.8) is 0 Å². The molecule has 1 aromatic carbocycles. The minimum absolute atomic E-state index is 0.132. The lowest BCUT2D eigenvalue weighted by Gasteiger charge is -2.15. The van der Waals surface area contributed by atoms with Crippen molar-refractivity contribution in [1.29, 1.82) is 0 Å². The van der Waals surface area contributed by atoms with Gasteiger partial charge in [-0.2, -0.15) is 0 Å². The second-order valence-corrected chi connectivity index (χ2v) is 4.65. The molecule has 0 bridgehead atoms. The van der Waals surface area contributed by atoms with Gasteiger partial charge >= 0.3 is 0 Å². The van der Waals surface area contributed by atoms with Gasteiger partial charge in [0.15, 0.2) is 0 Å². The summed E-state index contributed by atoms with van der Waals surface area (Å²) in [5.41, 5.74) is 1.17. The van der Waals surface area contributed by atoms with Crippen LogP contribution in [-0.2, 0) is 6.54 Å². The minimum Gasteiger partial charge on any atom is -0.302 e. The Bertz CT molecular complexity index is 301. The fourth-order valence-corrected chi connectivity index (χ4v) is 1.99. The molecule has 0 aromatic heterocycles. The van der Waals surface area contributed by atoms with Gasteiger partial charge in [0, 0.05) is 10.1 Å². The SMILES string of the molecule is CCCN(C)Cc1ccc(F)c(I)c1. The molecule has 0 N–H and O–H groups in total. The zero-order valence-corrected chi connectivity index (χ0v) is 10.7. The third kappa shape index (κ3) is 3.53. The maximum atomic E-state index is 13.0. The standard InChI is InChI=1S/C11H15FIN/c1-3-6-14(2)8-9-4-5-10(12)11(13)7-9/h4-5,7H,3,6,8H2,1-2H3. The predicted molar refractivity (Wildman–Crippen MR) is 65.7 cm³/mol. The lowest BCUT2D eigenvalue weighted by atomic mass is 10.2. The van der Waals surface area contributed by atoms with Gasteiger partial charge in [0.25, 0.3) is 0 Å². The first-order valence-electron chi connectivity index (χ1n) is 4.76. The van der Waals surface area contributed by atoms with Crippen molar-refractivity contribution < 1.29 is 4.39 Å². The smallest absolute Gasteiger partial charge is 0.136 e. The van der Waals surface area contributed by atoms with Crippen LogP contribution in [0.25, 0.3) is 0 Å². The van der Waals surface area contributed by atoms with Gasteiger partial charge < -0.3 is 4.90 Å². The average Bonchev–Trinajstić information content (AvgIpc) is 2.12. The summed E-state index contributed by atoms with van der Waals surface area (Å²) in [6.07, 6.45) is 1.15. The van der Waals surface area contributed by atoms with E-state index >= 15 is 0 Å². The van der Waals surface area contributed by atoms with E-state index in [2.05, 4.69) is 18.9 Å². The highest BCUT2D eigenvalue weighted by Crippen LogP contribution is 2.14. The maximum absolute atomic E-state index is 13.0. The highest BCUT2D eigenvalue weighted by atomic mass is 127. The molecule has 1 aromatic rings. The topological polar surface area (TPSA) is 3.24 Å². The molecule has 3 heteroatoms. The monoisotopic (exact) mass is 307 g/mol. The molecule has 0 unspecified atom stereocenters. The molecule has 1 nitrogen and oxygen atoms in total. The Kier molecular flexibility index (Phi) is 4.81. The summed E-state index contributed by atoms with van der Waals surface area (Å²) in [4.78, 5) is 2.24. The first-order chi connectivity index (χ1) is 6.63. The molecule has 0 radical (unpaired) electrons. The molecule has 78 valence electrons. The number of rotatable bonds is 4. The summed E-state index contributed by atoms with van der Waals surface area (Å²) >= 11 is 2.02. The van der Waals surface area contributed by atoms with Crippen LogP contribution in [0.2, 0.25) is 0 Å². The first-order valence-corrected chi connectivity index (χ1v) is 5.84. The highest BCUT2D eigenvalue weighted by Gasteiger charge is 2.02. The van der Waals surface area contributed by atoms with Gasteiger partial charge in [-0.25, -0.2) is 4.39 Å². The summed E-state index contributed by atoms with van der Waals surface area (Å²) in [5, 5.41) is 0. The lowest BCUT2D eigenvalue weighted by Crippen LogP contribution is -2.18. The Morgan fingerprint density at radius 2 is 2.14 bits per heavy atom. The fourth-order valence-electron chi connectivity index (χ4n) is 1.41. The van der Waals surface area contributed by atoms with E-state index in [0.717, 1.165) is 19.5 Å². The third-order valence-corrected chi connectivity index (χ3v) is 2.87. The van der Waals surface area contributed by atoms with Crippen molar-refractivity contribution in [3.8, 4) is 0 Å². The van der Waals surface area contributed by atoms with E-state index in [1.54, 1.807) is 0 Å². The molecular weight excluding hydrogens is 292 g/mol. The first kappa shape index (κ1) is 11.9. The van der Waals surface area contributed by atoms with Crippen LogP contribution in [0.1, 0.15) is 18.9 Å². The van der Waals surface area contributed by atoms with Crippen molar-refractivity contribution in [1.82, 2.24) is 4.90 Å². The molecule has 0 aliphatic rings. The van der Waals surface area contributed by atoms with Gasteiger partial charge in [-0.3, -0.25) is 0 Å². The van der Waals surface area contributed by atoms with Crippen LogP contribution in [0.4, 0.5) is 4.39 Å². The van der Waals surface area contributed by atoms with E-state index in [1.807, 2.05) is 34.7 Å². The molecule has 0 fully saturated rings. The van der Waals surface area contributed by atoms with Gasteiger partial charge in [0.2, 0.25) is 0 Å². The van der Waals surface area contributed by atoms with E-state index in [9.17, 15) is 4.39 Å². The second-order valence-electron chi connectivity index (χ2n) is 3.49. The normalized spacial score (nSPS) is 10.9. The van der Waals surface area contributed by atoms with Crippen LogP contribution in [0.15, 0.2) is 18.2 Å². The largest absolute Gasteiger partial charge is 0.302 e. The van der Waals surface area contributed by atoms with Crippen molar-refractivity contribution >= 4 is 22.6 Å². The van der Waals surface area contributed by atoms with E-state index in [1.165, 1.54) is 11.6 Å². The Morgan fingerprint density at radius 3 is 2.71 bits per heavy atom. The number of hydrogen-bond acceptors (Lipinski definition) is 1. The van der Waals surface area contributed by atoms with Crippen LogP contribution < -0.4 is 0 Å². The molecular formula is C11H15FIN. The minimum atomic E-state index is -0.132. The van der Waals surface area contributed by atoms with E-state index in [0.29, 0.717) is 3.57 Å². The summed E-state index contributed by atoms with van der Waals surface area (Å²) < 4.78 is 13.7. The lowest BCUT2D eigenvalue weighted by molar-refractivity contribution is 0.327. The van der Waals surface area contributed by atoms with Gasteiger partial charge in [-0.1, -0.05) is 13.0 Å². The number of nitrogens with zero attached hydrogens (tertiary/aromatic N) is 1. The molecule has 14 heavy (non-hydrogen) atoms. The van der Waals surface area contributed by atoms with Crippen LogP contribution >= 0.6 is 22.6 Å². The molecule has 0 aliphatic heterocycles. The van der Waals surface area contributed by atoms with Gasteiger partial charge in [0.1, 0.15) is 5.82 Å².